The van der Waals surface area contributed by atoms with Gasteiger partial charge in [-0.15, -0.1) is 0 Å². The zero-order chi connectivity index (χ0) is 10.9. The Balaban J connectivity index is 2.05. The summed E-state index contributed by atoms with van der Waals surface area (Å²) in [6.07, 6.45) is 12.4. The normalized spacial score (nSPS) is 30.2. The van der Waals surface area contributed by atoms with E-state index in [0.29, 0.717) is 0 Å². The molecule has 0 aromatic rings. The molecular formula is C14H23N. The van der Waals surface area contributed by atoms with Gasteiger partial charge >= 0.3 is 0 Å². The molecule has 2 atom stereocenters. The van der Waals surface area contributed by atoms with Crippen molar-refractivity contribution in [2.45, 2.75) is 39.5 Å². The first-order chi connectivity index (χ1) is 7.09. The highest BCUT2D eigenvalue weighted by Crippen LogP contribution is 2.39. The van der Waals surface area contributed by atoms with E-state index in [1.165, 1.54) is 25.7 Å². The third-order valence-corrected chi connectivity index (χ3v) is 3.72. The van der Waals surface area contributed by atoms with Crippen molar-refractivity contribution in [2.75, 3.05) is 6.54 Å². The third-order valence-electron chi connectivity index (χ3n) is 3.72. The van der Waals surface area contributed by atoms with Crippen molar-refractivity contribution < 1.29 is 0 Å². The Morgan fingerprint density at radius 1 is 1.47 bits per heavy atom. The van der Waals surface area contributed by atoms with Crippen LogP contribution < -0.4 is 5.73 Å². The maximum Gasteiger partial charge on any atom is -0.00228 e. The molecule has 2 aliphatic rings. The van der Waals surface area contributed by atoms with Crippen molar-refractivity contribution in [1.29, 1.82) is 0 Å². The third kappa shape index (κ3) is 2.72. The van der Waals surface area contributed by atoms with Gasteiger partial charge in [-0.2, -0.15) is 0 Å². The van der Waals surface area contributed by atoms with E-state index >= 15 is 0 Å². The summed E-state index contributed by atoms with van der Waals surface area (Å²) < 4.78 is 0. The Morgan fingerprint density at radius 3 is 2.93 bits per heavy atom. The number of hydrogen-bond donors (Lipinski definition) is 1. The van der Waals surface area contributed by atoms with Gasteiger partial charge in [-0.3, -0.25) is 0 Å². The van der Waals surface area contributed by atoms with Crippen LogP contribution in [0.2, 0.25) is 0 Å². The Morgan fingerprint density at radius 2 is 2.27 bits per heavy atom. The molecule has 84 valence electrons. The quantitative estimate of drug-likeness (QED) is 0.703. The van der Waals surface area contributed by atoms with Crippen molar-refractivity contribution >= 4 is 0 Å². The van der Waals surface area contributed by atoms with E-state index in [1.54, 1.807) is 5.57 Å². The average Bonchev–Trinajstić information content (AvgIpc) is 2.16. The summed E-state index contributed by atoms with van der Waals surface area (Å²) in [4.78, 5) is 0. The molecule has 0 aliphatic heterocycles. The van der Waals surface area contributed by atoms with Crippen LogP contribution in [0.4, 0.5) is 0 Å². The van der Waals surface area contributed by atoms with E-state index in [-0.39, 0.29) is 5.41 Å². The highest BCUT2D eigenvalue weighted by atomic mass is 14.6. The molecule has 0 spiro atoms. The first-order valence-corrected chi connectivity index (χ1v) is 6.15. The summed E-state index contributed by atoms with van der Waals surface area (Å²) in [7, 11) is 0. The molecule has 2 aliphatic carbocycles. The fraction of sp³-hybridized carbons (Fsp3) is 0.714. The largest absolute Gasteiger partial charge is 0.330 e. The summed E-state index contributed by atoms with van der Waals surface area (Å²) in [6.45, 7) is 5.33. The van der Waals surface area contributed by atoms with E-state index in [1.807, 2.05) is 0 Å². The fourth-order valence-electron chi connectivity index (χ4n) is 2.86. The minimum atomic E-state index is 0.279. The number of allylic oxidation sites excluding steroid dienone is 4. The minimum absolute atomic E-state index is 0.279. The Hall–Kier alpha value is -0.560. The van der Waals surface area contributed by atoms with Crippen molar-refractivity contribution in [2.24, 2.45) is 23.0 Å². The van der Waals surface area contributed by atoms with Crippen LogP contribution in [-0.4, -0.2) is 6.54 Å². The molecular weight excluding hydrogens is 182 g/mol. The zero-order valence-corrected chi connectivity index (χ0v) is 10.00. The molecule has 0 heterocycles. The summed E-state index contributed by atoms with van der Waals surface area (Å²) in [5.41, 5.74) is 7.73. The number of rotatable bonds is 3. The van der Waals surface area contributed by atoms with Crippen molar-refractivity contribution in [3.05, 3.63) is 23.8 Å². The first kappa shape index (κ1) is 10.9. The van der Waals surface area contributed by atoms with Crippen LogP contribution in [0.3, 0.4) is 0 Å². The molecule has 1 nitrogen and oxygen atoms in total. The summed E-state index contributed by atoms with van der Waals surface area (Å²) in [5, 5.41) is 0. The van der Waals surface area contributed by atoms with E-state index < -0.39 is 0 Å². The highest BCUT2D eigenvalue weighted by molar-refractivity contribution is 5.18. The van der Waals surface area contributed by atoms with Gasteiger partial charge in [-0.05, 0) is 49.5 Å². The number of hydrogen-bond acceptors (Lipinski definition) is 1. The average molecular weight is 205 g/mol. The molecule has 0 saturated heterocycles. The van der Waals surface area contributed by atoms with Crippen molar-refractivity contribution in [3.63, 3.8) is 0 Å². The van der Waals surface area contributed by atoms with Crippen LogP contribution in [0.1, 0.15) is 39.5 Å². The van der Waals surface area contributed by atoms with Crippen LogP contribution in [0.15, 0.2) is 23.8 Å². The first-order valence-electron chi connectivity index (χ1n) is 6.15. The summed E-state index contributed by atoms with van der Waals surface area (Å²) >= 11 is 0. The lowest BCUT2D eigenvalue weighted by molar-refractivity contribution is 0.338. The molecule has 2 N–H and O–H groups in total. The SMILES string of the molecule is CC(C)(CN)CC1=CC2C=CCC(C1)C2. The Labute approximate surface area is 93.4 Å². The molecule has 2 rings (SSSR count). The molecule has 2 bridgehead atoms. The molecule has 0 radical (unpaired) electrons. The fourth-order valence-corrected chi connectivity index (χ4v) is 2.86. The van der Waals surface area contributed by atoms with Gasteiger partial charge in [-0.25, -0.2) is 0 Å². The van der Waals surface area contributed by atoms with Gasteiger partial charge in [0.15, 0.2) is 0 Å². The van der Waals surface area contributed by atoms with E-state index in [0.717, 1.165) is 18.4 Å². The van der Waals surface area contributed by atoms with Crippen LogP contribution in [0.25, 0.3) is 0 Å². The number of nitrogens with two attached hydrogens (primary N) is 1. The molecule has 2 unspecified atom stereocenters. The Kier molecular flexibility index (Phi) is 3.01. The molecule has 0 saturated carbocycles. The second kappa shape index (κ2) is 4.13. The lowest BCUT2D eigenvalue weighted by atomic mass is 9.73. The van der Waals surface area contributed by atoms with E-state index in [9.17, 15) is 0 Å². The molecule has 0 aromatic heterocycles. The molecule has 0 amide bonds. The molecule has 0 aromatic carbocycles. The van der Waals surface area contributed by atoms with E-state index in [2.05, 4.69) is 32.1 Å². The maximum absolute atomic E-state index is 5.80. The van der Waals surface area contributed by atoms with Gasteiger partial charge in [0.1, 0.15) is 0 Å². The van der Waals surface area contributed by atoms with E-state index in [4.69, 9.17) is 5.73 Å². The van der Waals surface area contributed by atoms with Crippen molar-refractivity contribution in [3.8, 4) is 0 Å². The van der Waals surface area contributed by atoms with Gasteiger partial charge in [-0.1, -0.05) is 37.6 Å². The topological polar surface area (TPSA) is 26.0 Å². The lowest BCUT2D eigenvalue weighted by Crippen LogP contribution is -2.26. The standard InChI is InChI=1S/C14H23N/c1-14(2,10-15)9-13-7-11-4-3-5-12(6-11)8-13/h3-4,7,11-12H,5-6,8-10,15H2,1-2H3. The molecule has 0 fully saturated rings. The summed E-state index contributed by atoms with van der Waals surface area (Å²) in [6, 6.07) is 0. The highest BCUT2D eigenvalue weighted by Gasteiger charge is 2.26. The second-order valence-electron chi connectivity index (χ2n) is 6.00. The van der Waals surface area contributed by atoms with Gasteiger partial charge in [0.25, 0.3) is 0 Å². The predicted octanol–water partition coefficient (Wildman–Crippen LogP) is 3.27. The van der Waals surface area contributed by atoms with Gasteiger partial charge < -0.3 is 5.73 Å². The second-order valence-corrected chi connectivity index (χ2v) is 6.00. The van der Waals surface area contributed by atoms with Crippen LogP contribution in [0, 0.1) is 17.3 Å². The zero-order valence-electron chi connectivity index (χ0n) is 10.00. The number of fused-ring (bicyclic) bond motifs is 2. The Bertz CT molecular complexity index is 286. The lowest BCUT2D eigenvalue weighted by Gasteiger charge is -2.33. The van der Waals surface area contributed by atoms with Gasteiger partial charge in [0.2, 0.25) is 0 Å². The van der Waals surface area contributed by atoms with Crippen LogP contribution in [0.5, 0.6) is 0 Å². The van der Waals surface area contributed by atoms with Crippen LogP contribution in [-0.2, 0) is 0 Å². The van der Waals surface area contributed by atoms with Crippen molar-refractivity contribution in [1.82, 2.24) is 0 Å². The smallest absolute Gasteiger partial charge is 0.00228 e. The molecule has 15 heavy (non-hydrogen) atoms. The minimum Gasteiger partial charge on any atom is -0.330 e. The summed E-state index contributed by atoms with van der Waals surface area (Å²) in [5.74, 6) is 1.63. The maximum atomic E-state index is 5.80. The van der Waals surface area contributed by atoms with Gasteiger partial charge in [0, 0.05) is 0 Å². The van der Waals surface area contributed by atoms with Gasteiger partial charge in [0.05, 0.1) is 0 Å². The monoisotopic (exact) mass is 205 g/mol. The molecule has 1 heteroatoms. The van der Waals surface area contributed by atoms with Crippen LogP contribution >= 0.6 is 0 Å². The predicted molar refractivity (Wildman–Crippen MR) is 65.5 cm³/mol.